The van der Waals surface area contributed by atoms with E-state index in [0.717, 1.165) is 44.5 Å². The minimum Gasteiger partial charge on any atom is -0.267 e. The van der Waals surface area contributed by atoms with Crippen LogP contribution in [0.1, 0.15) is 0 Å². The molecule has 8 nitrogen and oxygen atoms in total. The van der Waals surface area contributed by atoms with Crippen LogP contribution in [0.15, 0.2) is 201 Å². The van der Waals surface area contributed by atoms with Crippen molar-refractivity contribution >= 4 is 43.6 Å². The van der Waals surface area contributed by atoms with Crippen molar-refractivity contribution in [1.82, 2.24) is 18.1 Å². The predicted molar refractivity (Wildman–Crippen MR) is 240 cm³/mol. The van der Waals surface area contributed by atoms with E-state index in [0.29, 0.717) is 54.7 Å². The first-order valence-electron chi connectivity index (χ1n) is 19.7. The number of nitrogens with zero attached hydrogens (tertiary/aromatic N) is 4. The average Bonchev–Trinajstić information content (AvgIpc) is 3.99. The summed E-state index contributed by atoms with van der Waals surface area (Å²) in [6.07, 6.45) is 0. The van der Waals surface area contributed by atoms with E-state index in [1.807, 2.05) is 170 Å². The van der Waals surface area contributed by atoms with Crippen LogP contribution in [0.4, 0.5) is 0 Å². The highest BCUT2D eigenvalue weighted by Gasteiger charge is 2.24. The van der Waals surface area contributed by atoms with Gasteiger partial charge in [-0.15, -0.1) is 0 Å². The third-order valence-electron chi connectivity index (χ3n) is 12.0. The van der Waals surface area contributed by atoms with Gasteiger partial charge in [-0.25, -0.2) is 9.03 Å². The Morgan fingerprint density at radius 1 is 0.250 bits per heavy atom. The lowest BCUT2D eigenvalue weighted by atomic mass is 9.93. The molecule has 4 heterocycles. The summed E-state index contributed by atoms with van der Waals surface area (Å²) in [6, 6.07) is 58.5. The van der Waals surface area contributed by atoms with Crippen LogP contribution < -0.4 is 22.2 Å². The zero-order valence-electron chi connectivity index (χ0n) is 31.7. The molecule has 0 N–H and O–H groups in total. The van der Waals surface area contributed by atoms with Crippen molar-refractivity contribution in [2.24, 2.45) is 0 Å². The molecule has 0 saturated heterocycles. The fraction of sp³-hybridized carbons (Fsp3) is 0. The Labute approximate surface area is 339 Å². The van der Waals surface area contributed by atoms with Gasteiger partial charge in [-0.2, -0.15) is 9.03 Å². The number of benzene rings is 8. The van der Waals surface area contributed by atoms with Crippen molar-refractivity contribution in [3.63, 3.8) is 0 Å². The molecule has 0 amide bonds. The third kappa shape index (κ3) is 4.61. The second-order valence-corrected chi connectivity index (χ2v) is 15.2. The van der Waals surface area contributed by atoms with E-state index in [1.54, 1.807) is 21.2 Å². The minimum absolute atomic E-state index is 0.380. The first-order valence-corrected chi connectivity index (χ1v) is 19.7. The first kappa shape index (κ1) is 33.7. The quantitative estimate of drug-likeness (QED) is 0.174. The van der Waals surface area contributed by atoms with E-state index in [9.17, 15) is 19.2 Å². The van der Waals surface area contributed by atoms with Crippen molar-refractivity contribution < 1.29 is 0 Å². The predicted octanol–water partition coefficient (Wildman–Crippen LogP) is 9.66. The topological polar surface area (TPSA) is 85.9 Å². The molecular weight excluding hydrogens is 745 g/mol. The van der Waals surface area contributed by atoms with Gasteiger partial charge in [-0.1, -0.05) is 146 Å². The summed E-state index contributed by atoms with van der Waals surface area (Å²) in [6.45, 7) is 0. The molecule has 0 atom stereocenters. The highest BCUT2D eigenvalue weighted by molar-refractivity contribution is 6.03. The smallest absolute Gasteiger partial charge is 0.267 e. The second-order valence-electron chi connectivity index (χ2n) is 15.2. The Kier molecular flexibility index (Phi) is 7.07. The van der Waals surface area contributed by atoms with Crippen LogP contribution in [0.2, 0.25) is 0 Å². The molecule has 0 aliphatic heterocycles. The zero-order valence-corrected chi connectivity index (χ0v) is 31.7. The molecule has 0 saturated carbocycles. The third-order valence-corrected chi connectivity index (χ3v) is 12.0. The van der Waals surface area contributed by atoms with Crippen LogP contribution in [0.25, 0.3) is 99.2 Å². The summed E-state index contributed by atoms with van der Waals surface area (Å²) < 4.78 is 5.85. The lowest BCUT2D eigenvalue weighted by Gasteiger charge is -2.11. The first-order chi connectivity index (χ1) is 29.5. The molecule has 60 heavy (non-hydrogen) atoms. The van der Waals surface area contributed by atoms with Gasteiger partial charge in [0.05, 0.1) is 43.6 Å². The van der Waals surface area contributed by atoms with Crippen LogP contribution in [-0.2, 0) is 0 Å². The fourth-order valence-electron chi connectivity index (χ4n) is 9.33. The van der Waals surface area contributed by atoms with E-state index in [2.05, 4.69) is 0 Å². The van der Waals surface area contributed by atoms with Crippen LogP contribution in [-0.4, -0.2) is 18.1 Å². The molecule has 282 valence electrons. The Balaban J connectivity index is 0.995. The number of fused-ring (bicyclic) bond motifs is 10. The molecule has 0 spiro atoms. The monoisotopic (exact) mass is 774 g/mol. The van der Waals surface area contributed by atoms with Gasteiger partial charge in [0, 0.05) is 0 Å². The maximum Gasteiger partial charge on any atom is 0.283 e. The highest BCUT2D eigenvalue weighted by Crippen LogP contribution is 2.38. The molecule has 12 rings (SSSR count). The Bertz CT molecular complexity index is 3710. The number of aromatic nitrogens is 4. The molecule has 0 fully saturated rings. The van der Waals surface area contributed by atoms with Crippen LogP contribution in [0.3, 0.4) is 0 Å². The summed E-state index contributed by atoms with van der Waals surface area (Å²) >= 11 is 0. The fourth-order valence-corrected chi connectivity index (χ4v) is 9.33. The molecule has 8 heteroatoms. The summed E-state index contributed by atoms with van der Waals surface area (Å²) in [5.41, 5.74) is 9.60. The molecule has 0 aliphatic carbocycles. The number of hydrogen-bond donors (Lipinski definition) is 0. The molecule has 0 aliphatic rings. The van der Waals surface area contributed by atoms with Gasteiger partial charge in [-0.3, -0.25) is 19.2 Å². The maximum absolute atomic E-state index is 14.3. The van der Waals surface area contributed by atoms with E-state index in [1.165, 1.54) is 9.03 Å². The second kappa shape index (κ2) is 12.6. The molecule has 12 aromatic rings. The molecular formula is C52H30N4O4. The van der Waals surface area contributed by atoms with Crippen molar-refractivity contribution in [1.29, 1.82) is 0 Å². The van der Waals surface area contributed by atoms with E-state index in [-0.39, 0.29) is 11.1 Å². The van der Waals surface area contributed by atoms with Crippen molar-refractivity contribution in [3.05, 3.63) is 223 Å². The normalized spacial score (nSPS) is 11.9. The largest absolute Gasteiger partial charge is 0.283 e. The standard InChI is InChI=1S/C52H30N4O4/c57-49-41-29-33(25-27-43(41)53-45-23-11-21-39(47(45)51(59)55(49)53)37-19-9-7-17-35(37)31-13-3-1-4-14-31)34-26-28-44-42(30-34)50(58)56-52(60)48-40(22-12-24-46(48)54(44)56)38-20-10-8-18-36(38)32-15-5-2-6-16-32/h1-30H. The van der Waals surface area contributed by atoms with Gasteiger partial charge >= 0.3 is 0 Å². The lowest BCUT2D eigenvalue weighted by Crippen LogP contribution is -2.21. The zero-order chi connectivity index (χ0) is 40.2. The molecule has 0 radical (unpaired) electrons. The Morgan fingerprint density at radius 3 is 1.03 bits per heavy atom. The van der Waals surface area contributed by atoms with Crippen molar-refractivity contribution in [3.8, 4) is 55.6 Å². The van der Waals surface area contributed by atoms with Crippen molar-refractivity contribution in [2.75, 3.05) is 0 Å². The summed E-state index contributed by atoms with van der Waals surface area (Å²) in [4.78, 5) is 57.0. The molecule has 4 aromatic heterocycles. The maximum atomic E-state index is 14.3. The van der Waals surface area contributed by atoms with Crippen molar-refractivity contribution in [2.45, 2.75) is 0 Å². The van der Waals surface area contributed by atoms with E-state index < -0.39 is 11.1 Å². The van der Waals surface area contributed by atoms with E-state index in [4.69, 9.17) is 0 Å². The Morgan fingerprint density at radius 2 is 0.617 bits per heavy atom. The molecule has 8 aromatic carbocycles. The van der Waals surface area contributed by atoms with E-state index >= 15 is 0 Å². The Hall–Kier alpha value is -8.36. The number of hydrogen-bond acceptors (Lipinski definition) is 4. The van der Waals surface area contributed by atoms with Gasteiger partial charge in [0.15, 0.2) is 0 Å². The van der Waals surface area contributed by atoms with Gasteiger partial charge in [0.25, 0.3) is 22.2 Å². The van der Waals surface area contributed by atoms with Crippen LogP contribution in [0, 0.1) is 0 Å². The molecule has 0 unspecified atom stereocenters. The van der Waals surface area contributed by atoms with Crippen LogP contribution >= 0.6 is 0 Å². The average molecular weight is 775 g/mol. The summed E-state index contributed by atoms with van der Waals surface area (Å²) in [7, 11) is 0. The number of rotatable bonds is 5. The van der Waals surface area contributed by atoms with Gasteiger partial charge in [0.2, 0.25) is 0 Å². The van der Waals surface area contributed by atoms with Crippen LogP contribution in [0.5, 0.6) is 0 Å². The summed E-state index contributed by atoms with van der Waals surface area (Å²) in [5.74, 6) is 0. The molecule has 0 bridgehead atoms. The highest BCUT2D eigenvalue weighted by atomic mass is 16.2. The lowest BCUT2D eigenvalue weighted by molar-refractivity contribution is 0.841. The van der Waals surface area contributed by atoms with Gasteiger partial charge in [-0.05, 0) is 92.0 Å². The minimum atomic E-state index is -0.425. The van der Waals surface area contributed by atoms with Gasteiger partial charge < -0.3 is 0 Å². The van der Waals surface area contributed by atoms with Gasteiger partial charge in [0.1, 0.15) is 0 Å². The summed E-state index contributed by atoms with van der Waals surface area (Å²) in [5, 5.41) is 1.70. The SMILES string of the molecule is O=c1c2cc(-c3ccc4c(c3)c(=O)n3c(=O)c5c(-c6ccccc6-c6ccccc6)cccc5n43)ccc2n2c3cccc(-c4ccccc4-c4ccccc4)c3c(=O)n12.